The molecule has 0 unspecified atom stereocenters. The summed E-state index contributed by atoms with van der Waals surface area (Å²) in [5.41, 5.74) is 0.496. The van der Waals surface area contributed by atoms with Crippen LogP contribution in [-0.2, 0) is 9.63 Å². The zero-order chi connectivity index (χ0) is 18.2. The fourth-order valence-corrected chi connectivity index (χ4v) is 1.82. The maximum atomic E-state index is 11.9. The molecule has 1 aromatic rings. The van der Waals surface area contributed by atoms with Crippen LogP contribution in [0.15, 0.2) is 17.3 Å². The van der Waals surface area contributed by atoms with Gasteiger partial charge in [0, 0.05) is 5.56 Å². The minimum atomic E-state index is -4.48. The van der Waals surface area contributed by atoms with E-state index in [0.717, 1.165) is 0 Å². The quantitative estimate of drug-likeness (QED) is 0.566. The normalized spacial score (nSPS) is 11.4. The van der Waals surface area contributed by atoms with Gasteiger partial charge in [0.2, 0.25) is 0 Å². The van der Waals surface area contributed by atoms with E-state index in [9.17, 15) is 18.0 Å². The van der Waals surface area contributed by atoms with E-state index in [2.05, 4.69) is 9.99 Å². The number of nitrogens with one attached hydrogen (secondary N) is 1. The van der Waals surface area contributed by atoms with Gasteiger partial charge in [-0.1, -0.05) is 16.8 Å². The molecule has 0 bridgehead atoms. The molecule has 6 nitrogen and oxygen atoms in total. The van der Waals surface area contributed by atoms with Gasteiger partial charge in [0.15, 0.2) is 18.1 Å². The van der Waals surface area contributed by atoms with E-state index in [4.69, 9.17) is 21.1 Å². The second-order valence-electron chi connectivity index (χ2n) is 4.37. The van der Waals surface area contributed by atoms with Gasteiger partial charge >= 0.3 is 6.18 Å². The zero-order valence-electron chi connectivity index (χ0n) is 12.9. The van der Waals surface area contributed by atoms with E-state index in [1.54, 1.807) is 18.3 Å². The van der Waals surface area contributed by atoms with Gasteiger partial charge in [-0.3, -0.25) is 4.79 Å². The highest BCUT2D eigenvalue weighted by molar-refractivity contribution is 6.32. The number of carbonyl (C=O) groups is 1. The molecule has 1 rings (SSSR count). The average molecular weight is 369 g/mol. The Morgan fingerprint density at radius 3 is 2.71 bits per heavy atom. The van der Waals surface area contributed by atoms with Gasteiger partial charge in [-0.05, 0) is 19.1 Å². The van der Waals surface area contributed by atoms with Gasteiger partial charge < -0.3 is 19.6 Å². The number of benzene rings is 1. The van der Waals surface area contributed by atoms with Crippen LogP contribution in [0.2, 0.25) is 5.02 Å². The van der Waals surface area contributed by atoms with Gasteiger partial charge in [-0.2, -0.15) is 13.2 Å². The number of halogens is 4. The van der Waals surface area contributed by atoms with Crippen molar-refractivity contribution in [3.05, 3.63) is 22.7 Å². The summed E-state index contributed by atoms with van der Waals surface area (Å²) in [4.78, 5) is 15.7. The molecule has 1 amide bonds. The Morgan fingerprint density at radius 1 is 1.42 bits per heavy atom. The fourth-order valence-electron chi connectivity index (χ4n) is 1.54. The smallest absolute Gasteiger partial charge is 0.405 e. The van der Waals surface area contributed by atoms with Crippen molar-refractivity contribution in [2.75, 3.05) is 26.9 Å². The summed E-state index contributed by atoms with van der Waals surface area (Å²) < 4.78 is 46.2. The standard InChI is InChI=1S/C14H16ClF3N2O4/c1-3-23-13-10(15)4-9(5-11(13)22-2)6-20-24-7-12(21)19-8-14(16,17)18/h4-6H,3,7-8H2,1-2H3,(H,19,21)/b20-6-. The number of carbonyl (C=O) groups excluding carboxylic acids is 1. The van der Waals surface area contributed by atoms with E-state index >= 15 is 0 Å². The number of oxime groups is 1. The molecule has 0 saturated heterocycles. The number of ether oxygens (including phenoxy) is 2. The largest absolute Gasteiger partial charge is 0.493 e. The van der Waals surface area contributed by atoms with Gasteiger partial charge in [0.05, 0.1) is 25.0 Å². The van der Waals surface area contributed by atoms with Crippen molar-refractivity contribution in [3.8, 4) is 11.5 Å². The Hall–Kier alpha value is -2.16. The molecule has 0 atom stereocenters. The van der Waals surface area contributed by atoms with Crippen molar-refractivity contribution in [2.45, 2.75) is 13.1 Å². The minimum absolute atomic E-state index is 0.292. The Balaban J connectivity index is 2.58. The molecule has 1 aromatic carbocycles. The second-order valence-corrected chi connectivity index (χ2v) is 4.77. The number of hydrogen-bond acceptors (Lipinski definition) is 5. The maximum Gasteiger partial charge on any atom is 0.405 e. The lowest BCUT2D eigenvalue weighted by atomic mass is 10.2. The van der Waals surface area contributed by atoms with Gasteiger partial charge in [-0.15, -0.1) is 0 Å². The van der Waals surface area contributed by atoms with Crippen LogP contribution < -0.4 is 14.8 Å². The molecule has 0 radical (unpaired) electrons. The number of hydrogen-bond donors (Lipinski definition) is 1. The number of amides is 1. The van der Waals surface area contributed by atoms with Gasteiger partial charge in [0.25, 0.3) is 5.91 Å². The number of alkyl halides is 3. The van der Waals surface area contributed by atoms with E-state index in [0.29, 0.717) is 28.7 Å². The lowest BCUT2D eigenvalue weighted by molar-refractivity contribution is -0.141. The number of nitrogens with zero attached hydrogens (tertiary/aromatic N) is 1. The topological polar surface area (TPSA) is 69.2 Å². The molecule has 1 N–H and O–H groups in total. The molecule has 24 heavy (non-hydrogen) atoms. The van der Waals surface area contributed by atoms with Crippen LogP contribution in [0.25, 0.3) is 0 Å². The summed E-state index contributed by atoms with van der Waals surface area (Å²) in [5, 5.41) is 5.44. The van der Waals surface area contributed by atoms with Crippen LogP contribution in [0.4, 0.5) is 13.2 Å². The van der Waals surface area contributed by atoms with Crippen LogP contribution in [-0.4, -0.2) is 45.2 Å². The first-order chi connectivity index (χ1) is 11.3. The van der Waals surface area contributed by atoms with E-state index < -0.39 is 25.2 Å². The van der Waals surface area contributed by atoms with Crippen molar-refractivity contribution in [1.82, 2.24) is 5.32 Å². The molecule has 0 aliphatic rings. The second kappa shape index (κ2) is 9.21. The monoisotopic (exact) mass is 368 g/mol. The Labute approximate surface area is 141 Å². The summed E-state index contributed by atoms with van der Waals surface area (Å²) in [7, 11) is 1.44. The number of methoxy groups -OCH3 is 1. The van der Waals surface area contributed by atoms with Gasteiger partial charge in [-0.25, -0.2) is 0 Å². The Bertz CT molecular complexity index is 594. The molecule has 0 spiro atoms. The highest BCUT2D eigenvalue weighted by Gasteiger charge is 2.27. The molecule has 0 fully saturated rings. The molecule has 0 aliphatic carbocycles. The van der Waals surface area contributed by atoms with E-state index in [1.807, 2.05) is 0 Å². The fraction of sp³-hybridized carbons (Fsp3) is 0.429. The van der Waals surface area contributed by atoms with Crippen molar-refractivity contribution < 1.29 is 32.3 Å². The molecular weight excluding hydrogens is 353 g/mol. The molecular formula is C14H16ClF3N2O4. The summed E-state index contributed by atoms with van der Waals surface area (Å²) in [6, 6.07) is 3.11. The Kier molecular flexibility index (Phi) is 7.63. The number of rotatable bonds is 8. The predicted molar refractivity (Wildman–Crippen MR) is 81.8 cm³/mol. The third-order valence-corrected chi connectivity index (χ3v) is 2.78. The van der Waals surface area contributed by atoms with Crippen molar-refractivity contribution in [1.29, 1.82) is 0 Å². The summed E-state index contributed by atoms with van der Waals surface area (Å²) >= 11 is 6.06. The third-order valence-electron chi connectivity index (χ3n) is 2.50. The lowest BCUT2D eigenvalue weighted by Crippen LogP contribution is -2.35. The van der Waals surface area contributed by atoms with E-state index in [-0.39, 0.29) is 0 Å². The van der Waals surface area contributed by atoms with Crippen molar-refractivity contribution in [2.24, 2.45) is 5.16 Å². The van der Waals surface area contributed by atoms with Crippen LogP contribution >= 0.6 is 11.6 Å². The molecule has 0 saturated carbocycles. The van der Waals surface area contributed by atoms with E-state index in [1.165, 1.54) is 19.4 Å². The van der Waals surface area contributed by atoms with Gasteiger partial charge in [0.1, 0.15) is 6.54 Å². The van der Waals surface area contributed by atoms with Crippen LogP contribution in [0.1, 0.15) is 12.5 Å². The molecule has 0 aromatic heterocycles. The lowest BCUT2D eigenvalue weighted by Gasteiger charge is -2.11. The minimum Gasteiger partial charge on any atom is -0.493 e. The van der Waals surface area contributed by atoms with Crippen LogP contribution in [0.3, 0.4) is 0 Å². The molecule has 10 heteroatoms. The maximum absolute atomic E-state index is 11.9. The SMILES string of the molecule is CCOc1c(Cl)cc(/C=N\OCC(=O)NCC(F)(F)F)cc1OC. The average Bonchev–Trinajstić information content (AvgIpc) is 2.51. The molecule has 0 heterocycles. The Morgan fingerprint density at radius 2 is 2.12 bits per heavy atom. The summed E-state index contributed by atoms with van der Waals surface area (Å²) in [5.74, 6) is -0.174. The first kappa shape index (κ1) is 19.9. The zero-order valence-corrected chi connectivity index (χ0v) is 13.7. The highest BCUT2D eigenvalue weighted by Crippen LogP contribution is 2.35. The van der Waals surface area contributed by atoms with Crippen molar-refractivity contribution >= 4 is 23.7 Å². The summed E-state index contributed by atoms with van der Waals surface area (Å²) in [6.07, 6.45) is -3.24. The third kappa shape index (κ3) is 6.95. The molecule has 134 valence electrons. The molecule has 0 aliphatic heterocycles. The van der Waals surface area contributed by atoms with Crippen molar-refractivity contribution in [3.63, 3.8) is 0 Å². The summed E-state index contributed by atoms with van der Waals surface area (Å²) in [6.45, 7) is 0.127. The predicted octanol–water partition coefficient (Wildman–Crippen LogP) is 2.78. The van der Waals surface area contributed by atoms with Crippen LogP contribution in [0, 0.1) is 0 Å². The highest BCUT2D eigenvalue weighted by atomic mass is 35.5. The first-order valence-electron chi connectivity index (χ1n) is 6.76. The first-order valence-corrected chi connectivity index (χ1v) is 7.13. The van der Waals surface area contributed by atoms with Crippen LogP contribution in [0.5, 0.6) is 11.5 Å².